The molecule has 4 aromatic rings. The molecule has 0 unspecified atom stereocenters. The molecule has 4 heterocycles. The second kappa shape index (κ2) is 8.14. The van der Waals surface area contributed by atoms with Gasteiger partial charge >= 0.3 is 0 Å². The quantitative estimate of drug-likeness (QED) is 0.555. The molecule has 0 fully saturated rings. The number of nitrogens with one attached hydrogen (secondary N) is 1. The Morgan fingerprint density at radius 1 is 1.03 bits per heavy atom. The van der Waals surface area contributed by atoms with Crippen molar-refractivity contribution in [3.05, 3.63) is 76.7 Å². The number of carbonyl (C=O) groups excluding carboxylic acids is 1. The number of nitrogens with zero attached hydrogens (tertiary/aromatic N) is 5. The monoisotopic (exact) mass is 414 g/mol. The number of aromatic nitrogens is 5. The standard InChI is InChI=1S/C23H22N6O2/c30-22(27-18-7-5-11-24-21(18)29-14-6-12-25-29)16-9-10-17-19(15-16)26-20-8-3-1-2-4-13-28(20)23(17)31/h5-7,9-12,14-15H,1-4,8,13H2,(H,27,30). The highest BCUT2D eigenvalue weighted by atomic mass is 16.1. The van der Waals surface area contributed by atoms with Gasteiger partial charge in [-0.3, -0.25) is 14.2 Å². The molecule has 0 atom stereocenters. The van der Waals surface area contributed by atoms with Gasteiger partial charge in [-0.25, -0.2) is 14.6 Å². The molecule has 8 heteroatoms. The molecular formula is C23H22N6O2. The molecule has 31 heavy (non-hydrogen) atoms. The van der Waals surface area contributed by atoms with Crippen LogP contribution in [-0.4, -0.2) is 30.2 Å². The molecule has 3 aromatic heterocycles. The lowest BCUT2D eigenvalue weighted by molar-refractivity contribution is 0.102. The molecule has 0 saturated heterocycles. The molecule has 1 aliphatic heterocycles. The lowest BCUT2D eigenvalue weighted by Crippen LogP contribution is -2.26. The Labute approximate surface area is 178 Å². The molecule has 8 nitrogen and oxygen atoms in total. The van der Waals surface area contributed by atoms with E-state index in [4.69, 9.17) is 4.98 Å². The number of anilines is 1. The van der Waals surface area contributed by atoms with Crippen molar-refractivity contribution in [2.75, 3.05) is 5.32 Å². The SMILES string of the molecule is O=C(Nc1cccnc1-n1cccn1)c1ccc2c(=O)n3c(nc2c1)CCCCCC3. The van der Waals surface area contributed by atoms with Crippen LogP contribution < -0.4 is 10.9 Å². The third kappa shape index (κ3) is 3.72. The van der Waals surface area contributed by atoms with Gasteiger partial charge in [0.15, 0.2) is 5.82 Å². The van der Waals surface area contributed by atoms with Crippen molar-refractivity contribution in [2.24, 2.45) is 0 Å². The van der Waals surface area contributed by atoms with Crippen LogP contribution in [-0.2, 0) is 13.0 Å². The van der Waals surface area contributed by atoms with E-state index in [0.29, 0.717) is 34.5 Å². The summed E-state index contributed by atoms with van der Waals surface area (Å²) in [7, 11) is 0. The summed E-state index contributed by atoms with van der Waals surface area (Å²) in [4.78, 5) is 35.0. The number of aryl methyl sites for hydroxylation is 1. The van der Waals surface area contributed by atoms with Crippen molar-refractivity contribution in [1.82, 2.24) is 24.3 Å². The molecular weight excluding hydrogens is 392 g/mol. The molecule has 0 radical (unpaired) electrons. The molecule has 0 bridgehead atoms. The Morgan fingerprint density at radius 2 is 1.94 bits per heavy atom. The molecule has 0 aliphatic carbocycles. The van der Waals surface area contributed by atoms with Crippen LogP contribution in [0.1, 0.15) is 41.9 Å². The number of carbonyl (C=O) groups is 1. The minimum Gasteiger partial charge on any atom is -0.319 e. The van der Waals surface area contributed by atoms with Crippen molar-refractivity contribution < 1.29 is 4.79 Å². The average Bonchev–Trinajstić information content (AvgIpc) is 3.30. The highest BCUT2D eigenvalue weighted by molar-refractivity contribution is 6.06. The number of amides is 1. The van der Waals surface area contributed by atoms with Crippen molar-refractivity contribution in [3.8, 4) is 5.82 Å². The van der Waals surface area contributed by atoms with Gasteiger partial charge in [0.05, 0.1) is 16.6 Å². The summed E-state index contributed by atoms with van der Waals surface area (Å²) in [5.74, 6) is 1.04. The molecule has 0 spiro atoms. The predicted octanol–water partition coefficient (Wildman–Crippen LogP) is 3.35. The van der Waals surface area contributed by atoms with E-state index in [1.165, 1.54) is 0 Å². The Kier molecular flexibility index (Phi) is 5.03. The number of pyridine rings is 1. The van der Waals surface area contributed by atoms with Gasteiger partial charge in [0.2, 0.25) is 0 Å². The van der Waals surface area contributed by atoms with Crippen LogP contribution in [0.3, 0.4) is 0 Å². The summed E-state index contributed by atoms with van der Waals surface area (Å²) in [5.41, 5.74) is 1.51. The largest absolute Gasteiger partial charge is 0.319 e. The van der Waals surface area contributed by atoms with E-state index in [2.05, 4.69) is 15.4 Å². The topological polar surface area (TPSA) is 94.7 Å². The van der Waals surface area contributed by atoms with Gasteiger partial charge in [-0.05, 0) is 49.2 Å². The van der Waals surface area contributed by atoms with E-state index < -0.39 is 0 Å². The summed E-state index contributed by atoms with van der Waals surface area (Å²) < 4.78 is 3.39. The van der Waals surface area contributed by atoms with Crippen molar-refractivity contribution in [1.29, 1.82) is 0 Å². The van der Waals surface area contributed by atoms with Gasteiger partial charge in [-0.1, -0.05) is 12.8 Å². The van der Waals surface area contributed by atoms with Crippen LogP contribution in [0.5, 0.6) is 0 Å². The van der Waals surface area contributed by atoms with Crippen LogP contribution in [0.15, 0.2) is 59.8 Å². The minimum atomic E-state index is -0.294. The zero-order valence-corrected chi connectivity index (χ0v) is 17.0. The second-order valence-electron chi connectivity index (χ2n) is 7.66. The van der Waals surface area contributed by atoms with Crippen LogP contribution >= 0.6 is 0 Å². The lowest BCUT2D eigenvalue weighted by Gasteiger charge is -2.16. The summed E-state index contributed by atoms with van der Waals surface area (Å²) >= 11 is 0. The smallest absolute Gasteiger partial charge is 0.261 e. The fourth-order valence-corrected chi connectivity index (χ4v) is 4.00. The fraction of sp³-hybridized carbons (Fsp3) is 0.261. The van der Waals surface area contributed by atoms with Gasteiger partial charge in [-0.15, -0.1) is 0 Å². The zero-order valence-electron chi connectivity index (χ0n) is 17.0. The first-order valence-electron chi connectivity index (χ1n) is 10.5. The Bertz CT molecular complexity index is 1310. The number of rotatable bonds is 3. The van der Waals surface area contributed by atoms with E-state index in [9.17, 15) is 9.59 Å². The number of fused-ring (bicyclic) bond motifs is 2. The van der Waals surface area contributed by atoms with Crippen molar-refractivity contribution >= 4 is 22.5 Å². The molecule has 5 rings (SSSR count). The molecule has 1 amide bonds. The molecule has 156 valence electrons. The lowest BCUT2D eigenvalue weighted by atomic mass is 10.1. The maximum Gasteiger partial charge on any atom is 0.261 e. The maximum absolute atomic E-state index is 13.0. The van der Waals surface area contributed by atoms with Crippen molar-refractivity contribution in [3.63, 3.8) is 0 Å². The predicted molar refractivity (Wildman–Crippen MR) is 117 cm³/mol. The summed E-state index contributed by atoms with van der Waals surface area (Å²) in [6, 6.07) is 10.4. The third-order valence-electron chi connectivity index (χ3n) is 5.58. The highest BCUT2D eigenvalue weighted by Crippen LogP contribution is 2.20. The Balaban J connectivity index is 1.49. The van der Waals surface area contributed by atoms with Crippen LogP contribution in [0.2, 0.25) is 0 Å². The summed E-state index contributed by atoms with van der Waals surface area (Å²) in [5, 5.41) is 7.63. The van der Waals surface area contributed by atoms with E-state index >= 15 is 0 Å². The van der Waals surface area contributed by atoms with E-state index in [1.54, 1.807) is 64.2 Å². The normalized spacial score (nSPS) is 13.9. The molecule has 1 N–H and O–H groups in total. The Hall–Kier alpha value is -3.81. The van der Waals surface area contributed by atoms with Crippen molar-refractivity contribution in [2.45, 2.75) is 38.6 Å². The van der Waals surface area contributed by atoms with E-state index in [-0.39, 0.29) is 11.5 Å². The van der Waals surface area contributed by atoms with Gasteiger partial charge < -0.3 is 5.32 Å². The number of hydrogen-bond acceptors (Lipinski definition) is 5. The molecule has 0 saturated carbocycles. The summed E-state index contributed by atoms with van der Waals surface area (Å²) in [6.07, 6.45) is 10.1. The first-order chi connectivity index (χ1) is 15.2. The van der Waals surface area contributed by atoms with Crippen LogP contribution in [0, 0.1) is 0 Å². The summed E-state index contributed by atoms with van der Waals surface area (Å²) in [6.45, 7) is 0.705. The third-order valence-corrected chi connectivity index (χ3v) is 5.58. The number of hydrogen-bond donors (Lipinski definition) is 1. The molecule has 1 aromatic carbocycles. The van der Waals surface area contributed by atoms with E-state index in [0.717, 1.165) is 37.9 Å². The maximum atomic E-state index is 13.0. The van der Waals surface area contributed by atoms with Gasteiger partial charge in [0, 0.05) is 37.1 Å². The first-order valence-corrected chi connectivity index (χ1v) is 10.5. The van der Waals surface area contributed by atoms with E-state index in [1.807, 2.05) is 0 Å². The van der Waals surface area contributed by atoms with Gasteiger partial charge in [0.25, 0.3) is 11.5 Å². The average molecular weight is 414 g/mol. The van der Waals surface area contributed by atoms with Crippen LogP contribution in [0.4, 0.5) is 5.69 Å². The first kappa shape index (κ1) is 19.2. The fourth-order valence-electron chi connectivity index (χ4n) is 4.00. The van der Waals surface area contributed by atoms with Crippen LogP contribution in [0.25, 0.3) is 16.7 Å². The minimum absolute atomic E-state index is 0.0258. The zero-order chi connectivity index (χ0) is 21.2. The molecule has 1 aliphatic rings. The second-order valence-corrected chi connectivity index (χ2v) is 7.66. The number of benzene rings is 1. The van der Waals surface area contributed by atoms with Gasteiger partial charge in [0.1, 0.15) is 5.82 Å². The van der Waals surface area contributed by atoms with Gasteiger partial charge in [-0.2, -0.15) is 5.10 Å². The highest BCUT2D eigenvalue weighted by Gasteiger charge is 2.16. The Morgan fingerprint density at radius 3 is 2.81 bits per heavy atom.